The average Bonchev–Trinajstić information content (AvgIpc) is 2.73. The van der Waals surface area contributed by atoms with Crippen LogP contribution < -0.4 is 0 Å². The van der Waals surface area contributed by atoms with E-state index in [2.05, 4.69) is 16.0 Å². The quantitative estimate of drug-likeness (QED) is 0.460. The summed E-state index contributed by atoms with van der Waals surface area (Å²) in [6.07, 6.45) is 4.23. The van der Waals surface area contributed by atoms with Crippen LogP contribution in [0.3, 0.4) is 0 Å². The summed E-state index contributed by atoms with van der Waals surface area (Å²) < 4.78 is 27.2. The molecule has 2 aliphatic heterocycles. The van der Waals surface area contributed by atoms with Crippen molar-refractivity contribution >= 4 is 32.7 Å². The molecule has 1 spiro atoms. The predicted octanol–water partition coefficient (Wildman–Crippen LogP) is 0.979. The highest BCUT2D eigenvalue weighted by Gasteiger charge is 2.49. The normalized spacial score (nSPS) is 34.3. The van der Waals surface area contributed by atoms with Gasteiger partial charge in [0.1, 0.15) is 0 Å². The van der Waals surface area contributed by atoms with Crippen LogP contribution in [0.15, 0.2) is 0 Å². The van der Waals surface area contributed by atoms with E-state index >= 15 is 0 Å². The Balaban J connectivity index is 2.21. The van der Waals surface area contributed by atoms with E-state index in [1.54, 1.807) is 4.31 Å². The predicted molar refractivity (Wildman–Crippen MR) is 66.3 cm³/mol. The Morgan fingerprint density at radius 1 is 1.33 bits per heavy atom. The molecule has 0 aromatic heterocycles. The van der Waals surface area contributed by atoms with E-state index in [0.717, 1.165) is 32.4 Å². The molecular weight excluding hydrogens is 252 g/mol. The second kappa shape index (κ2) is 4.10. The minimum Gasteiger partial charge on any atom is -0.239 e. The third-order valence-electron chi connectivity index (χ3n) is 3.35. The Kier molecular flexibility index (Phi) is 3.29. The second-order valence-corrected chi connectivity index (χ2v) is 7.43. The van der Waals surface area contributed by atoms with E-state index in [-0.39, 0.29) is 5.54 Å². The highest BCUT2D eigenvalue weighted by atomic mass is 33.1. The maximum Gasteiger partial charge on any atom is 0.211 e. The lowest BCUT2D eigenvalue weighted by Crippen LogP contribution is -2.48. The summed E-state index contributed by atoms with van der Waals surface area (Å²) in [5.74, 6) is 0. The SMILES string of the molecule is CS(=O)(=O)N1CCCC12CCN(SS)C2. The van der Waals surface area contributed by atoms with Gasteiger partial charge in [-0.3, -0.25) is 0 Å². The standard InChI is InChI=1S/C8H16N2O2S3/c1-15(11,12)10-5-2-3-8(10)4-6-9(7-8)14-13/h13H,2-7H2,1H3. The molecule has 0 radical (unpaired) electrons. The fourth-order valence-corrected chi connectivity index (χ4v) is 5.02. The highest BCUT2D eigenvalue weighted by molar-refractivity contribution is 8.67. The van der Waals surface area contributed by atoms with Crippen LogP contribution in [-0.4, -0.2) is 48.5 Å². The van der Waals surface area contributed by atoms with Crippen LogP contribution >= 0.6 is 22.6 Å². The van der Waals surface area contributed by atoms with Crippen LogP contribution in [0, 0.1) is 0 Å². The number of hydrogen-bond acceptors (Lipinski definition) is 5. The first-order valence-corrected chi connectivity index (χ1v) is 8.70. The van der Waals surface area contributed by atoms with E-state index in [0.29, 0.717) is 6.54 Å². The zero-order chi connectivity index (χ0) is 11.1. The van der Waals surface area contributed by atoms with E-state index < -0.39 is 10.0 Å². The number of hydrogen-bond donors (Lipinski definition) is 1. The largest absolute Gasteiger partial charge is 0.239 e. The smallest absolute Gasteiger partial charge is 0.211 e. The number of nitrogens with zero attached hydrogens (tertiary/aromatic N) is 2. The molecule has 0 bridgehead atoms. The molecule has 0 aromatic carbocycles. The third-order valence-corrected chi connectivity index (χ3v) is 5.95. The molecule has 0 saturated carbocycles. The third kappa shape index (κ3) is 2.17. The minimum absolute atomic E-state index is 0.136. The molecule has 0 amide bonds. The molecule has 2 rings (SSSR count). The van der Waals surface area contributed by atoms with Crippen LogP contribution in [0.5, 0.6) is 0 Å². The Morgan fingerprint density at radius 2 is 2.07 bits per heavy atom. The molecular formula is C8H16N2O2S3. The maximum absolute atomic E-state index is 11.7. The maximum atomic E-state index is 11.7. The van der Waals surface area contributed by atoms with Crippen molar-refractivity contribution in [3.8, 4) is 0 Å². The first kappa shape index (κ1) is 12.0. The molecule has 7 heteroatoms. The zero-order valence-corrected chi connectivity index (χ0v) is 11.2. The monoisotopic (exact) mass is 268 g/mol. The van der Waals surface area contributed by atoms with Gasteiger partial charge in [0.15, 0.2) is 0 Å². The lowest BCUT2D eigenvalue weighted by molar-refractivity contribution is 0.257. The van der Waals surface area contributed by atoms with Crippen molar-refractivity contribution in [3.05, 3.63) is 0 Å². The summed E-state index contributed by atoms with van der Waals surface area (Å²) in [6.45, 7) is 2.43. The van der Waals surface area contributed by atoms with Crippen molar-refractivity contribution in [1.29, 1.82) is 0 Å². The van der Waals surface area contributed by atoms with Crippen molar-refractivity contribution in [2.45, 2.75) is 24.8 Å². The van der Waals surface area contributed by atoms with E-state index in [4.69, 9.17) is 0 Å². The van der Waals surface area contributed by atoms with Gasteiger partial charge in [-0.25, -0.2) is 12.7 Å². The Hall–Kier alpha value is 0.570. The summed E-state index contributed by atoms with van der Waals surface area (Å²) in [4.78, 5) is 0. The van der Waals surface area contributed by atoms with Crippen molar-refractivity contribution in [1.82, 2.24) is 8.61 Å². The summed E-state index contributed by atoms with van der Waals surface area (Å²) in [5.41, 5.74) is -0.136. The van der Waals surface area contributed by atoms with Crippen molar-refractivity contribution in [2.24, 2.45) is 0 Å². The lowest BCUT2D eigenvalue weighted by atomic mass is 9.97. The molecule has 2 saturated heterocycles. The summed E-state index contributed by atoms with van der Waals surface area (Å²) in [5, 5.41) is 0. The van der Waals surface area contributed by atoms with Crippen molar-refractivity contribution in [3.63, 3.8) is 0 Å². The first-order chi connectivity index (χ1) is 6.98. The Bertz CT molecular complexity index is 346. The van der Waals surface area contributed by atoms with Crippen LogP contribution in [0.4, 0.5) is 0 Å². The molecule has 1 unspecified atom stereocenters. The average molecular weight is 268 g/mol. The second-order valence-electron chi connectivity index (χ2n) is 4.36. The van der Waals surface area contributed by atoms with Gasteiger partial charge in [-0.15, -0.1) is 0 Å². The van der Waals surface area contributed by atoms with Crippen molar-refractivity contribution in [2.75, 3.05) is 25.9 Å². The minimum atomic E-state index is -3.05. The molecule has 2 heterocycles. The Morgan fingerprint density at radius 3 is 2.60 bits per heavy atom. The molecule has 0 aliphatic carbocycles. The van der Waals surface area contributed by atoms with Gasteiger partial charge in [0.05, 0.1) is 11.8 Å². The zero-order valence-electron chi connectivity index (χ0n) is 8.72. The molecule has 1 atom stereocenters. The molecule has 88 valence electrons. The first-order valence-electron chi connectivity index (χ1n) is 5.02. The molecule has 2 aliphatic rings. The van der Waals surface area contributed by atoms with Gasteiger partial charge in [-0.05, 0) is 30.2 Å². The van der Waals surface area contributed by atoms with Crippen LogP contribution in [0.1, 0.15) is 19.3 Å². The van der Waals surface area contributed by atoms with Gasteiger partial charge in [-0.2, -0.15) is 4.31 Å². The number of sulfonamides is 1. The van der Waals surface area contributed by atoms with Crippen LogP contribution in [0.2, 0.25) is 0 Å². The molecule has 2 fully saturated rings. The van der Waals surface area contributed by atoms with Crippen molar-refractivity contribution < 1.29 is 8.42 Å². The topological polar surface area (TPSA) is 40.6 Å². The van der Waals surface area contributed by atoms with Gasteiger partial charge in [0, 0.05) is 19.6 Å². The van der Waals surface area contributed by atoms with Gasteiger partial charge in [-0.1, -0.05) is 11.7 Å². The Labute approximate surface area is 100 Å². The fourth-order valence-electron chi connectivity index (χ4n) is 2.73. The van der Waals surface area contributed by atoms with E-state index in [1.807, 2.05) is 0 Å². The van der Waals surface area contributed by atoms with E-state index in [1.165, 1.54) is 17.2 Å². The molecule has 0 aromatic rings. The van der Waals surface area contributed by atoms with Crippen LogP contribution in [0.25, 0.3) is 0 Å². The van der Waals surface area contributed by atoms with Gasteiger partial charge < -0.3 is 0 Å². The summed E-state index contributed by atoms with van der Waals surface area (Å²) in [6, 6.07) is 0. The summed E-state index contributed by atoms with van der Waals surface area (Å²) in [7, 11) is -1.64. The summed E-state index contributed by atoms with van der Waals surface area (Å²) >= 11 is 4.17. The molecule has 0 N–H and O–H groups in total. The lowest BCUT2D eigenvalue weighted by Gasteiger charge is -2.32. The molecule has 15 heavy (non-hydrogen) atoms. The van der Waals surface area contributed by atoms with Crippen LogP contribution in [-0.2, 0) is 10.0 Å². The van der Waals surface area contributed by atoms with Gasteiger partial charge >= 0.3 is 0 Å². The van der Waals surface area contributed by atoms with Gasteiger partial charge in [0.2, 0.25) is 10.0 Å². The number of rotatable bonds is 2. The van der Waals surface area contributed by atoms with Gasteiger partial charge in [0.25, 0.3) is 0 Å². The highest BCUT2D eigenvalue weighted by Crippen LogP contribution is 2.41. The number of thiol groups is 1. The fraction of sp³-hybridized carbons (Fsp3) is 1.00. The van der Waals surface area contributed by atoms with E-state index in [9.17, 15) is 8.42 Å². The molecule has 4 nitrogen and oxygen atoms in total.